The minimum atomic E-state index is -4.53. The Labute approximate surface area is 145 Å². The van der Waals surface area contributed by atoms with Crippen molar-refractivity contribution in [3.63, 3.8) is 0 Å². The van der Waals surface area contributed by atoms with Crippen LogP contribution in [-0.4, -0.2) is 30.5 Å². The Hall–Kier alpha value is -2.68. The molecule has 134 valence electrons. The van der Waals surface area contributed by atoms with Crippen LogP contribution < -0.4 is 14.9 Å². The van der Waals surface area contributed by atoms with Crippen LogP contribution in [0.1, 0.15) is 11.1 Å². The van der Waals surface area contributed by atoms with Gasteiger partial charge < -0.3 is 14.6 Å². The highest BCUT2D eigenvalue weighted by molar-refractivity contribution is 6.32. The Morgan fingerprint density at radius 1 is 1.20 bits per heavy atom. The molecule has 2 N–H and O–H groups in total. The lowest BCUT2D eigenvalue weighted by Gasteiger charge is -2.09. The van der Waals surface area contributed by atoms with E-state index >= 15 is 0 Å². The summed E-state index contributed by atoms with van der Waals surface area (Å²) in [6.45, 7) is 0. The molecule has 0 radical (unpaired) electrons. The summed E-state index contributed by atoms with van der Waals surface area (Å²) in [7, 11) is 2.75. The summed E-state index contributed by atoms with van der Waals surface area (Å²) in [5.41, 5.74) is 1.99. The van der Waals surface area contributed by atoms with Gasteiger partial charge in [0, 0.05) is 11.8 Å². The van der Waals surface area contributed by atoms with Crippen LogP contribution in [0.15, 0.2) is 29.5 Å². The zero-order chi connectivity index (χ0) is 18.6. The molecule has 10 heteroatoms. The molecule has 0 aliphatic carbocycles. The van der Waals surface area contributed by atoms with Gasteiger partial charge in [-0.2, -0.15) is 18.3 Å². The number of rotatable bonds is 5. The number of pyridine rings is 1. The molecule has 2 aromatic rings. The maximum Gasteiger partial charge on any atom is 0.417 e. The standard InChI is InChI=1S/C15H13ClF3N3O3/c1-24-11-3-8(4-12(25-2)13(11)23)6-21-22-14-10(16)5-9(7-20-14)15(17,18)19/h3-7,23H,1-2H3,(H,20,22). The quantitative estimate of drug-likeness (QED) is 0.612. The van der Waals surface area contributed by atoms with Gasteiger partial charge in [0.1, 0.15) is 0 Å². The molecular formula is C15H13ClF3N3O3. The summed E-state index contributed by atoms with van der Waals surface area (Å²) >= 11 is 5.76. The number of hydrogen-bond acceptors (Lipinski definition) is 6. The second-order valence-electron chi connectivity index (χ2n) is 4.70. The number of ether oxygens (including phenoxy) is 2. The number of benzene rings is 1. The summed E-state index contributed by atoms with van der Waals surface area (Å²) in [6.07, 6.45) is -2.55. The van der Waals surface area contributed by atoms with E-state index in [2.05, 4.69) is 15.5 Å². The van der Waals surface area contributed by atoms with Crippen molar-refractivity contribution in [3.8, 4) is 17.2 Å². The third kappa shape index (κ3) is 4.44. The highest BCUT2D eigenvalue weighted by atomic mass is 35.5. The number of phenols is 1. The molecule has 1 heterocycles. The average molecular weight is 376 g/mol. The average Bonchev–Trinajstić information content (AvgIpc) is 2.56. The minimum absolute atomic E-state index is 0.0383. The predicted octanol–water partition coefficient (Wildman–Crippen LogP) is 3.92. The molecule has 0 aliphatic rings. The van der Waals surface area contributed by atoms with Crippen LogP contribution >= 0.6 is 11.6 Å². The Bertz CT molecular complexity index is 772. The van der Waals surface area contributed by atoms with Crippen LogP contribution in [-0.2, 0) is 6.18 Å². The van der Waals surface area contributed by atoms with Crippen molar-refractivity contribution in [2.45, 2.75) is 6.18 Å². The van der Waals surface area contributed by atoms with Gasteiger partial charge in [-0.25, -0.2) is 4.98 Å². The summed E-state index contributed by atoms with van der Waals surface area (Å²) in [4.78, 5) is 3.59. The van der Waals surface area contributed by atoms with Gasteiger partial charge in [-0.15, -0.1) is 0 Å². The van der Waals surface area contributed by atoms with Crippen molar-refractivity contribution < 1.29 is 27.8 Å². The summed E-state index contributed by atoms with van der Waals surface area (Å²) < 4.78 is 47.7. The molecule has 0 spiro atoms. The molecule has 2 rings (SSSR count). The number of nitrogens with one attached hydrogen (secondary N) is 1. The van der Waals surface area contributed by atoms with Crippen molar-refractivity contribution >= 4 is 23.6 Å². The number of nitrogens with zero attached hydrogens (tertiary/aromatic N) is 2. The van der Waals surface area contributed by atoms with E-state index < -0.39 is 11.7 Å². The van der Waals surface area contributed by atoms with Gasteiger partial charge in [-0.1, -0.05) is 11.6 Å². The number of hydrazone groups is 1. The second kappa shape index (κ2) is 7.47. The lowest BCUT2D eigenvalue weighted by atomic mass is 10.2. The van der Waals surface area contributed by atoms with E-state index in [1.165, 1.54) is 32.6 Å². The van der Waals surface area contributed by atoms with E-state index in [-0.39, 0.29) is 28.1 Å². The van der Waals surface area contributed by atoms with Crippen molar-refractivity contribution in [1.29, 1.82) is 0 Å². The predicted molar refractivity (Wildman–Crippen MR) is 86.7 cm³/mol. The second-order valence-corrected chi connectivity index (χ2v) is 5.10. The number of alkyl halides is 3. The molecule has 0 saturated carbocycles. The molecule has 6 nitrogen and oxygen atoms in total. The number of aromatic hydroxyl groups is 1. The molecule has 0 aliphatic heterocycles. The molecular weight excluding hydrogens is 363 g/mol. The first kappa shape index (κ1) is 18.7. The lowest BCUT2D eigenvalue weighted by molar-refractivity contribution is -0.137. The smallest absolute Gasteiger partial charge is 0.417 e. The number of aromatic nitrogens is 1. The van der Waals surface area contributed by atoms with Gasteiger partial charge in [-0.05, 0) is 18.2 Å². The molecule has 0 unspecified atom stereocenters. The number of phenolic OH excluding ortho intramolecular Hbond substituents is 1. The van der Waals surface area contributed by atoms with E-state index in [1.807, 2.05) is 0 Å². The van der Waals surface area contributed by atoms with E-state index in [0.717, 1.165) is 6.07 Å². The first-order valence-corrected chi connectivity index (χ1v) is 7.11. The topological polar surface area (TPSA) is 76.0 Å². The fourth-order valence-corrected chi connectivity index (χ4v) is 2.04. The van der Waals surface area contributed by atoms with Crippen LogP contribution in [0.3, 0.4) is 0 Å². The van der Waals surface area contributed by atoms with Crippen LogP contribution in [0.5, 0.6) is 17.2 Å². The molecule has 0 saturated heterocycles. The Kier molecular flexibility index (Phi) is 5.58. The number of hydrogen-bond donors (Lipinski definition) is 2. The molecule has 0 amide bonds. The van der Waals surface area contributed by atoms with Gasteiger partial charge in [0.2, 0.25) is 5.75 Å². The minimum Gasteiger partial charge on any atom is -0.502 e. The van der Waals surface area contributed by atoms with Gasteiger partial charge in [0.25, 0.3) is 0 Å². The number of halogens is 4. The first-order chi connectivity index (χ1) is 11.8. The first-order valence-electron chi connectivity index (χ1n) is 6.73. The molecule has 0 bridgehead atoms. The zero-order valence-electron chi connectivity index (χ0n) is 13.1. The molecule has 25 heavy (non-hydrogen) atoms. The highest BCUT2D eigenvalue weighted by Gasteiger charge is 2.31. The monoisotopic (exact) mass is 375 g/mol. The maximum atomic E-state index is 12.6. The highest BCUT2D eigenvalue weighted by Crippen LogP contribution is 2.36. The SMILES string of the molecule is COc1cc(C=NNc2ncc(C(F)(F)F)cc2Cl)cc(OC)c1O. The molecule has 0 fully saturated rings. The largest absolute Gasteiger partial charge is 0.502 e. The Morgan fingerprint density at radius 2 is 1.80 bits per heavy atom. The summed E-state index contributed by atoms with van der Waals surface area (Å²) in [5.74, 6) is 0.143. The molecule has 1 aromatic heterocycles. The van der Waals surface area contributed by atoms with E-state index in [9.17, 15) is 18.3 Å². The fourth-order valence-electron chi connectivity index (χ4n) is 1.83. The van der Waals surface area contributed by atoms with Gasteiger partial charge in [-0.3, -0.25) is 5.43 Å². The van der Waals surface area contributed by atoms with Crippen LogP contribution in [0, 0.1) is 0 Å². The third-order valence-electron chi connectivity index (χ3n) is 3.05. The molecule has 1 aromatic carbocycles. The Balaban J connectivity index is 2.19. The van der Waals surface area contributed by atoms with E-state index in [0.29, 0.717) is 11.8 Å². The lowest BCUT2D eigenvalue weighted by Crippen LogP contribution is -2.06. The van der Waals surface area contributed by atoms with E-state index in [1.54, 1.807) is 0 Å². The maximum absolute atomic E-state index is 12.6. The fraction of sp³-hybridized carbons (Fsp3) is 0.200. The molecule has 0 atom stereocenters. The Morgan fingerprint density at radius 3 is 2.28 bits per heavy atom. The van der Waals surface area contributed by atoms with Crippen molar-refractivity contribution in [3.05, 3.63) is 40.5 Å². The number of anilines is 1. The van der Waals surface area contributed by atoms with Crippen molar-refractivity contribution in [1.82, 2.24) is 4.98 Å². The van der Waals surface area contributed by atoms with E-state index in [4.69, 9.17) is 21.1 Å². The van der Waals surface area contributed by atoms with Gasteiger partial charge in [0.05, 0.1) is 31.0 Å². The van der Waals surface area contributed by atoms with Crippen LogP contribution in [0.2, 0.25) is 5.02 Å². The summed E-state index contributed by atoms with van der Waals surface area (Å²) in [6, 6.07) is 3.73. The number of methoxy groups -OCH3 is 2. The van der Waals surface area contributed by atoms with Gasteiger partial charge >= 0.3 is 6.18 Å². The third-order valence-corrected chi connectivity index (χ3v) is 3.34. The summed E-state index contributed by atoms with van der Waals surface area (Å²) in [5, 5.41) is 13.4. The normalized spacial score (nSPS) is 11.6. The van der Waals surface area contributed by atoms with Crippen LogP contribution in [0.4, 0.5) is 19.0 Å². The van der Waals surface area contributed by atoms with Crippen LogP contribution in [0.25, 0.3) is 0 Å². The zero-order valence-corrected chi connectivity index (χ0v) is 13.8. The van der Waals surface area contributed by atoms with Crippen molar-refractivity contribution in [2.75, 3.05) is 19.6 Å². The van der Waals surface area contributed by atoms with Gasteiger partial charge in [0.15, 0.2) is 17.3 Å². The van der Waals surface area contributed by atoms with Crippen molar-refractivity contribution in [2.24, 2.45) is 5.10 Å².